The van der Waals surface area contributed by atoms with E-state index in [1.54, 1.807) is 24.4 Å². The molecule has 0 saturated carbocycles. The van der Waals surface area contributed by atoms with Gasteiger partial charge in [-0.2, -0.15) is 0 Å². The van der Waals surface area contributed by atoms with E-state index in [2.05, 4.69) is 15.6 Å². The second kappa shape index (κ2) is 11.2. The first kappa shape index (κ1) is 26.4. The number of rotatable bonds is 8. The molecule has 2 atom stereocenters. The molecule has 1 amide bonds. The number of carbonyl (C=O) groups is 2. The van der Waals surface area contributed by atoms with Crippen molar-refractivity contribution in [1.29, 1.82) is 0 Å². The number of thiocarbonyl (C=S) groups is 1. The minimum absolute atomic E-state index is 0.0457. The van der Waals surface area contributed by atoms with Gasteiger partial charge in [-0.1, -0.05) is 17.7 Å². The van der Waals surface area contributed by atoms with E-state index in [4.69, 9.17) is 33.0 Å². The number of carboxylic acid groups (broad SMARTS) is 1. The summed E-state index contributed by atoms with van der Waals surface area (Å²) < 4.78 is 11.2. The van der Waals surface area contributed by atoms with Gasteiger partial charge in [-0.05, 0) is 78.9 Å². The summed E-state index contributed by atoms with van der Waals surface area (Å²) in [5.41, 5.74) is 2.71. The minimum atomic E-state index is -1.06. The van der Waals surface area contributed by atoms with Crippen LogP contribution in [0.1, 0.15) is 33.9 Å². The molecule has 0 spiro atoms. The molecule has 3 heterocycles. The van der Waals surface area contributed by atoms with Gasteiger partial charge < -0.3 is 29.8 Å². The Morgan fingerprint density at radius 3 is 2.64 bits per heavy atom. The number of methoxy groups -OCH3 is 1. The van der Waals surface area contributed by atoms with Gasteiger partial charge in [0.1, 0.15) is 24.2 Å². The van der Waals surface area contributed by atoms with E-state index >= 15 is 0 Å². The lowest BCUT2D eigenvalue weighted by Crippen LogP contribution is -2.29. The van der Waals surface area contributed by atoms with Crippen molar-refractivity contribution in [2.24, 2.45) is 0 Å². The SMILES string of the molecule is COCC(=O)Nc1ccc(N2C(=S)N[C@@H](c3ccccn3)[C@@H]2c2ccc(-c3cc(C(=O)O)ccc3Cl)o2)cc1. The van der Waals surface area contributed by atoms with Gasteiger partial charge in [-0.15, -0.1) is 0 Å². The highest BCUT2D eigenvalue weighted by atomic mass is 35.5. The Hall–Kier alpha value is -4.25. The van der Waals surface area contributed by atoms with Crippen LogP contribution >= 0.6 is 23.8 Å². The van der Waals surface area contributed by atoms with Gasteiger partial charge in [0, 0.05) is 30.2 Å². The molecule has 1 saturated heterocycles. The van der Waals surface area contributed by atoms with E-state index in [9.17, 15) is 14.7 Å². The number of pyridine rings is 1. The number of carbonyl (C=O) groups excluding carboxylic acids is 1. The van der Waals surface area contributed by atoms with Crippen molar-refractivity contribution in [3.63, 3.8) is 0 Å². The van der Waals surface area contributed by atoms with Crippen LogP contribution in [0.15, 0.2) is 83.4 Å². The lowest BCUT2D eigenvalue weighted by molar-refractivity contribution is -0.119. The second-order valence-corrected chi connectivity index (χ2v) is 9.52. The molecule has 39 heavy (non-hydrogen) atoms. The third-order valence-corrected chi connectivity index (χ3v) is 6.84. The molecule has 2 aromatic heterocycles. The Morgan fingerprint density at radius 2 is 1.95 bits per heavy atom. The molecule has 0 unspecified atom stereocenters. The van der Waals surface area contributed by atoms with Crippen LogP contribution in [0.3, 0.4) is 0 Å². The lowest BCUT2D eigenvalue weighted by Gasteiger charge is -2.26. The number of anilines is 2. The van der Waals surface area contributed by atoms with Gasteiger partial charge in [0.05, 0.1) is 22.3 Å². The first-order valence-corrected chi connectivity index (χ1v) is 12.7. The fourth-order valence-corrected chi connectivity index (χ4v) is 5.02. The number of hydrogen-bond donors (Lipinski definition) is 3. The summed E-state index contributed by atoms with van der Waals surface area (Å²) in [7, 11) is 1.46. The summed E-state index contributed by atoms with van der Waals surface area (Å²) >= 11 is 12.2. The van der Waals surface area contributed by atoms with Crippen molar-refractivity contribution < 1.29 is 23.8 Å². The van der Waals surface area contributed by atoms with Gasteiger partial charge in [0.15, 0.2) is 5.11 Å². The molecular formula is C28H23ClN4O5S. The fraction of sp³-hybridized carbons (Fsp3) is 0.143. The zero-order valence-electron chi connectivity index (χ0n) is 20.6. The van der Waals surface area contributed by atoms with Crippen LogP contribution in [0.5, 0.6) is 0 Å². The third kappa shape index (κ3) is 5.49. The summed E-state index contributed by atoms with van der Waals surface area (Å²) in [6.45, 7) is -0.0457. The number of ether oxygens (including phenoxy) is 1. The number of aromatic carboxylic acids is 1. The van der Waals surface area contributed by atoms with E-state index in [-0.39, 0.29) is 24.1 Å². The Kier molecular flexibility index (Phi) is 7.60. The van der Waals surface area contributed by atoms with E-state index in [0.717, 1.165) is 11.4 Å². The van der Waals surface area contributed by atoms with Crippen molar-refractivity contribution in [2.75, 3.05) is 23.9 Å². The van der Waals surface area contributed by atoms with E-state index in [1.165, 1.54) is 25.3 Å². The fourth-order valence-electron chi connectivity index (χ4n) is 4.46. The van der Waals surface area contributed by atoms with Crippen molar-refractivity contribution in [2.45, 2.75) is 12.1 Å². The predicted octanol–water partition coefficient (Wildman–Crippen LogP) is 5.46. The molecule has 0 bridgehead atoms. The molecule has 198 valence electrons. The number of carboxylic acids is 1. The standard InChI is InChI=1S/C28H23ClN4O5S/c1-37-15-24(34)31-17-6-8-18(9-7-17)33-26(25(32-28(33)39)21-4-2-3-13-30-21)23-12-11-22(38-23)19-14-16(27(35)36)5-10-20(19)29/h2-14,25-26H,15H2,1H3,(H,31,34)(H,32,39)(H,35,36)/t25-,26-/m0/s1. The number of aromatic nitrogens is 1. The number of halogens is 1. The zero-order valence-corrected chi connectivity index (χ0v) is 22.2. The van der Waals surface area contributed by atoms with Crippen molar-refractivity contribution in [1.82, 2.24) is 10.3 Å². The average Bonchev–Trinajstić information content (AvgIpc) is 3.54. The van der Waals surface area contributed by atoms with Gasteiger partial charge >= 0.3 is 5.97 Å². The number of nitrogens with one attached hydrogen (secondary N) is 2. The van der Waals surface area contributed by atoms with Gasteiger partial charge in [0.25, 0.3) is 0 Å². The number of hydrogen-bond acceptors (Lipinski definition) is 6. The number of benzene rings is 2. The van der Waals surface area contributed by atoms with E-state index in [1.807, 2.05) is 41.3 Å². The van der Waals surface area contributed by atoms with Crippen LogP contribution < -0.4 is 15.5 Å². The van der Waals surface area contributed by atoms with Gasteiger partial charge in [0.2, 0.25) is 5.91 Å². The molecule has 3 N–H and O–H groups in total. The molecule has 5 rings (SSSR count). The Labute approximate surface area is 234 Å². The summed E-state index contributed by atoms with van der Waals surface area (Å²) in [5.74, 6) is -0.326. The Balaban J connectivity index is 1.53. The summed E-state index contributed by atoms with van der Waals surface area (Å²) in [4.78, 5) is 29.9. The van der Waals surface area contributed by atoms with Crippen molar-refractivity contribution in [3.05, 3.63) is 101 Å². The van der Waals surface area contributed by atoms with Crippen molar-refractivity contribution >= 4 is 52.2 Å². The molecule has 1 aliphatic heterocycles. The lowest BCUT2D eigenvalue weighted by atomic mass is 10.0. The van der Waals surface area contributed by atoms with E-state index < -0.39 is 12.0 Å². The number of furan rings is 1. The monoisotopic (exact) mass is 562 g/mol. The molecule has 0 radical (unpaired) electrons. The van der Waals surface area contributed by atoms with Gasteiger partial charge in [-0.3, -0.25) is 9.78 Å². The predicted molar refractivity (Wildman–Crippen MR) is 151 cm³/mol. The quantitative estimate of drug-likeness (QED) is 0.241. The molecule has 0 aliphatic carbocycles. The third-order valence-electron chi connectivity index (χ3n) is 6.20. The maximum Gasteiger partial charge on any atom is 0.335 e. The second-order valence-electron chi connectivity index (χ2n) is 8.73. The van der Waals surface area contributed by atoms with Gasteiger partial charge in [-0.25, -0.2) is 4.79 Å². The first-order valence-electron chi connectivity index (χ1n) is 11.9. The van der Waals surface area contributed by atoms with Crippen LogP contribution in [0.2, 0.25) is 5.02 Å². The zero-order chi connectivity index (χ0) is 27.5. The molecule has 1 aliphatic rings. The molecule has 1 fully saturated rings. The molecule has 2 aromatic carbocycles. The number of nitrogens with zero attached hydrogens (tertiary/aromatic N) is 2. The summed E-state index contributed by atoms with van der Waals surface area (Å²) in [6.07, 6.45) is 1.71. The summed E-state index contributed by atoms with van der Waals surface area (Å²) in [6, 6.07) is 20.1. The highest BCUT2D eigenvalue weighted by molar-refractivity contribution is 7.80. The number of amides is 1. The Morgan fingerprint density at radius 1 is 1.15 bits per heavy atom. The topological polar surface area (TPSA) is 117 Å². The maximum absolute atomic E-state index is 11.9. The minimum Gasteiger partial charge on any atom is -0.478 e. The largest absolute Gasteiger partial charge is 0.478 e. The van der Waals surface area contributed by atoms with Crippen LogP contribution in [-0.4, -0.2) is 40.8 Å². The maximum atomic E-state index is 11.9. The smallest absolute Gasteiger partial charge is 0.335 e. The molecule has 11 heteroatoms. The van der Waals surface area contributed by atoms with Crippen molar-refractivity contribution in [3.8, 4) is 11.3 Å². The highest BCUT2D eigenvalue weighted by Crippen LogP contribution is 2.43. The summed E-state index contributed by atoms with van der Waals surface area (Å²) in [5, 5.41) is 16.4. The molecule has 9 nitrogen and oxygen atoms in total. The molecular weight excluding hydrogens is 540 g/mol. The normalized spacial score (nSPS) is 16.7. The van der Waals surface area contributed by atoms with Crippen LogP contribution in [-0.2, 0) is 9.53 Å². The molecule has 4 aromatic rings. The van der Waals surface area contributed by atoms with E-state index in [0.29, 0.717) is 32.9 Å². The first-order chi connectivity index (χ1) is 18.9. The van der Waals surface area contributed by atoms with Crippen LogP contribution in [0.4, 0.5) is 11.4 Å². The van der Waals surface area contributed by atoms with Crippen LogP contribution in [0.25, 0.3) is 11.3 Å². The highest BCUT2D eigenvalue weighted by Gasteiger charge is 2.42. The Bertz CT molecular complexity index is 1530. The van der Waals surface area contributed by atoms with Crippen LogP contribution in [0, 0.1) is 0 Å². The average molecular weight is 563 g/mol.